The Morgan fingerprint density at radius 2 is 1.94 bits per heavy atom. The molecule has 0 spiro atoms. The number of hydrogen-bond acceptors (Lipinski definition) is 5. The Labute approximate surface area is 101 Å². The number of oxime groups is 2. The van der Waals surface area contributed by atoms with Crippen molar-refractivity contribution in [2.45, 2.75) is 25.6 Å². The summed E-state index contributed by atoms with van der Waals surface area (Å²) in [5.41, 5.74) is 16.5. The van der Waals surface area contributed by atoms with Crippen LogP contribution in [0.5, 0.6) is 0 Å². The molecule has 0 aromatic heterocycles. The molecule has 11 heteroatoms. The maximum atomic E-state index is 8.56. The van der Waals surface area contributed by atoms with Gasteiger partial charge in [-0.1, -0.05) is 10.3 Å². The number of amidine groups is 2. The van der Waals surface area contributed by atoms with Crippen LogP contribution >= 0.6 is 0 Å². The molecule has 1 unspecified atom stereocenters. The van der Waals surface area contributed by atoms with Crippen LogP contribution in [0.4, 0.5) is 0 Å². The molecular formula is C7H10N8O3. The van der Waals surface area contributed by atoms with Gasteiger partial charge in [0, 0.05) is 16.2 Å². The number of ether oxygens (including phenoxy) is 1. The maximum Gasteiger partial charge on any atom is 0.226 e. The highest BCUT2D eigenvalue weighted by molar-refractivity contribution is 6.40. The van der Waals surface area contributed by atoms with E-state index in [1.54, 1.807) is 0 Å². The van der Waals surface area contributed by atoms with Crippen LogP contribution in [0.25, 0.3) is 20.9 Å². The lowest BCUT2D eigenvalue weighted by Crippen LogP contribution is -2.21. The molecule has 0 amide bonds. The van der Waals surface area contributed by atoms with Crippen LogP contribution in [-0.2, 0) is 9.57 Å². The van der Waals surface area contributed by atoms with Crippen LogP contribution in [0.2, 0.25) is 0 Å². The fourth-order valence-electron chi connectivity index (χ4n) is 1.20. The summed E-state index contributed by atoms with van der Waals surface area (Å²) < 4.78 is 5.21. The van der Waals surface area contributed by atoms with Crippen molar-refractivity contribution in [1.29, 1.82) is 0 Å². The first-order chi connectivity index (χ1) is 8.81. The van der Waals surface area contributed by atoms with Crippen LogP contribution < -0.4 is 0 Å². The SMILES string of the molecule is [N-]=[N+]=NC(=NO)C(N=[N+]=[N-])=NOC1CCCCO1. The molecule has 1 heterocycles. The summed E-state index contributed by atoms with van der Waals surface area (Å²) in [6, 6.07) is 0. The summed E-state index contributed by atoms with van der Waals surface area (Å²) in [7, 11) is 0. The fraction of sp³-hybridized carbons (Fsp3) is 0.714. The number of nitrogens with zero attached hydrogens (tertiary/aromatic N) is 8. The number of hydrogen-bond donors (Lipinski definition) is 1. The van der Waals surface area contributed by atoms with E-state index in [0.717, 1.165) is 12.8 Å². The van der Waals surface area contributed by atoms with E-state index in [2.05, 4.69) is 30.4 Å². The van der Waals surface area contributed by atoms with E-state index in [4.69, 9.17) is 25.8 Å². The van der Waals surface area contributed by atoms with Crippen LogP contribution in [-0.4, -0.2) is 29.8 Å². The second kappa shape index (κ2) is 7.74. The fourth-order valence-corrected chi connectivity index (χ4v) is 1.20. The third kappa shape index (κ3) is 4.18. The minimum Gasteiger partial charge on any atom is -0.410 e. The van der Waals surface area contributed by atoms with E-state index in [9.17, 15) is 0 Å². The molecule has 0 saturated carbocycles. The van der Waals surface area contributed by atoms with Gasteiger partial charge in [0.05, 0.1) is 6.61 Å². The normalized spacial score (nSPS) is 20.6. The molecular weight excluding hydrogens is 244 g/mol. The summed E-state index contributed by atoms with van der Waals surface area (Å²) in [5.74, 6) is -1.07. The van der Waals surface area contributed by atoms with E-state index < -0.39 is 18.0 Å². The van der Waals surface area contributed by atoms with Crippen LogP contribution in [0, 0.1) is 0 Å². The molecule has 1 fully saturated rings. The molecule has 0 aliphatic carbocycles. The highest BCUT2D eigenvalue weighted by atomic mass is 16.8. The van der Waals surface area contributed by atoms with Gasteiger partial charge in [-0.2, -0.15) is 0 Å². The predicted octanol–water partition coefficient (Wildman–Crippen LogP) is 2.25. The first kappa shape index (κ1) is 13.6. The van der Waals surface area contributed by atoms with Gasteiger partial charge in [0.1, 0.15) is 0 Å². The Bertz CT molecular complexity index is 428. The zero-order chi connectivity index (χ0) is 13.2. The Hall–Kier alpha value is -2.48. The molecule has 1 aliphatic heterocycles. The van der Waals surface area contributed by atoms with Crippen molar-refractivity contribution < 1.29 is 14.8 Å². The van der Waals surface area contributed by atoms with Crippen molar-refractivity contribution in [3.05, 3.63) is 20.9 Å². The topological polar surface area (TPSA) is 161 Å². The Morgan fingerprint density at radius 3 is 2.50 bits per heavy atom. The lowest BCUT2D eigenvalue weighted by atomic mass is 10.2. The average molecular weight is 254 g/mol. The van der Waals surface area contributed by atoms with Crippen molar-refractivity contribution >= 4 is 11.7 Å². The molecule has 18 heavy (non-hydrogen) atoms. The monoisotopic (exact) mass is 254 g/mol. The molecule has 1 atom stereocenters. The minimum absolute atomic E-state index is 0.480. The molecule has 0 bridgehead atoms. The van der Waals surface area contributed by atoms with Crippen LogP contribution in [0.1, 0.15) is 19.3 Å². The predicted molar refractivity (Wildman–Crippen MR) is 59.6 cm³/mol. The molecule has 96 valence electrons. The van der Waals surface area contributed by atoms with Crippen molar-refractivity contribution in [2.75, 3.05) is 6.61 Å². The number of azide groups is 2. The van der Waals surface area contributed by atoms with Crippen molar-refractivity contribution in [2.24, 2.45) is 20.5 Å². The van der Waals surface area contributed by atoms with Crippen molar-refractivity contribution in [3.8, 4) is 0 Å². The highest BCUT2D eigenvalue weighted by Crippen LogP contribution is 2.14. The maximum absolute atomic E-state index is 8.56. The molecule has 11 nitrogen and oxygen atoms in total. The third-order valence-electron chi connectivity index (χ3n) is 1.97. The Balaban J connectivity index is 2.76. The van der Waals surface area contributed by atoms with Gasteiger partial charge in [-0.3, -0.25) is 0 Å². The highest BCUT2D eigenvalue weighted by Gasteiger charge is 2.16. The van der Waals surface area contributed by atoms with Crippen molar-refractivity contribution in [3.63, 3.8) is 0 Å². The second-order valence-corrected chi connectivity index (χ2v) is 3.12. The molecule has 1 aliphatic rings. The van der Waals surface area contributed by atoms with Gasteiger partial charge >= 0.3 is 0 Å². The summed E-state index contributed by atoms with van der Waals surface area (Å²) in [5, 5.41) is 20.7. The lowest BCUT2D eigenvalue weighted by molar-refractivity contribution is -0.162. The molecule has 0 aromatic carbocycles. The molecule has 0 radical (unpaired) electrons. The lowest BCUT2D eigenvalue weighted by Gasteiger charge is -2.20. The standard InChI is InChI=1S/C7H10N8O3/c8-14-10-6(12-16)7(11-15-9)13-18-5-3-1-2-4-17-5/h5,16H,1-4H2. The summed E-state index contributed by atoms with van der Waals surface area (Å²) in [4.78, 5) is 9.79. The summed E-state index contributed by atoms with van der Waals surface area (Å²) in [6.45, 7) is 0.550. The van der Waals surface area contributed by atoms with Gasteiger partial charge < -0.3 is 14.8 Å². The smallest absolute Gasteiger partial charge is 0.226 e. The van der Waals surface area contributed by atoms with Gasteiger partial charge in [-0.15, -0.1) is 0 Å². The van der Waals surface area contributed by atoms with Gasteiger partial charge in [0.15, 0.2) is 11.7 Å². The summed E-state index contributed by atoms with van der Waals surface area (Å²) >= 11 is 0. The van der Waals surface area contributed by atoms with E-state index in [1.807, 2.05) is 0 Å². The number of rotatable bonds is 2. The Kier molecular flexibility index (Phi) is 5.84. The molecule has 1 saturated heterocycles. The first-order valence-electron chi connectivity index (χ1n) is 5.00. The third-order valence-corrected chi connectivity index (χ3v) is 1.97. The molecule has 1 N–H and O–H groups in total. The van der Waals surface area contributed by atoms with Crippen molar-refractivity contribution in [1.82, 2.24) is 0 Å². The van der Waals surface area contributed by atoms with Gasteiger partial charge in [-0.05, 0) is 34.1 Å². The Morgan fingerprint density at radius 1 is 1.22 bits per heavy atom. The van der Waals surface area contributed by atoms with E-state index in [0.29, 0.717) is 13.0 Å². The summed E-state index contributed by atoms with van der Waals surface area (Å²) in [6.07, 6.45) is 1.94. The zero-order valence-electron chi connectivity index (χ0n) is 9.25. The minimum atomic E-state index is -0.592. The zero-order valence-corrected chi connectivity index (χ0v) is 9.25. The molecule has 0 aromatic rings. The molecule has 1 rings (SSSR count). The van der Waals surface area contributed by atoms with Gasteiger partial charge in [0.25, 0.3) is 0 Å². The van der Waals surface area contributed by atoms with Crippen LogP contribution in [0.3, 0.4) is 0 Å². The van der Waals surface area contributed by atoms with E-state index in [-0.39, 0.29) is 0 Å². The average Bonchev–Trinajstić information content (AvgIpc) is 2.42. The van der Waals surface area contributed by atoms with Gasteiger partial charge in [0.2, 0.25) is 6.29 Å². The second-order valence-electron chi connectivity index (χ2n) is 3.12. The van der Waals surface area contributed by atoms with E-state index >= 15 is 0 Å². The quantitative estimate of drug-likeness (QED) is 0.152. The largest absolute Gasteiger partial charge is 0.410 e. The van der Waals surface area contributed by atoms with Gasteiger partial charge in [-0.25, -0.2) is 0 Å². The first-order valence-corrected chi connectivity index (χ1v) is 5.00. The van der Waals surface area contributed by atoms with Crippen LogP contribution in [0.15, 0.2) is 20.5 Å². The van der Waals surface area contributed by atoms with E-state index in [1.165, 1.54) is 0 Å².